The van der Waals surface area contributed by atoms with Crippen LogP contribution in [-0.4, -0.2) is 14.8 Å². The Labute approximate surface area is 122 Å². The van der Waals surface area contributed by atoms with Crippen LogP contribution in [0, 0.1) is 5.82 Å². The van der Waals surface area contributed by atoms with Gasteiger partial charge in [0.1, 0.15) is 18.3 Å². The molecular weight excluding hydrogens is 267 g/mol. The molecule has 2 aromatic carbocycles. The van der Waals surface area contributed by atoms with E-state index >= 15 is 0 Å². The van der Waals surface area contributed by atoms with Gasteiger partial charge in [0.25, 0.3) is 0 Å². The van der Waals surface area contributed by atoms with Crippen molar-refractivity contribution in [3.05, 3.63) is 72.6 Å². The van der Waals surface area contributed by atoms with E-state index in [1.54, 1.807) is 6.07 Å². The van der Waals surface area contributed by atoms with Crippen molar-refractivity contribution in [2.24, 2.45) is 0 Å². The van der Waals surface area contributed by atoms with Gasteiger partial charge in [0.2, 0.25) is 0 Å². The van der Waals surface area contributed by atoms with E-state index in [1.165, 1.54) is 23.4 Å². The van der Waals surface area contributed by atoms with Crippen LogP contribution < -0.4 is 5.32 Å². The number of benzene rings is 2. The number of anilines is 1. The molecule has 0 spiro atoms. The van der Waals surface area contributed by atoms with E-state index in [9.17, 15) is 4.39 Å². The van der Waals surface area contributed by atoms with Crippen molar-refractivity contribution in [2.75, 3.05) is 5.32 Å². The second kappa shape index (κ2) is 5.75. The highest BCUT2D eigenvalue weighted by Gasteiger charge is 2.09. The first-order valence-electron chi connectivity index (χ1n) is 6.70. The minimum absolute atomic E-state index is 0.0998. The molecule has 3 rings (SSSR count). The molecule has 1 N–H and O–H groups in total. The highest BCUT2D eigenvalue weighted by atomic mass is 19.1. The summed E-state index contributed by atoms with van der Waals surface area (Å²) in [5, 5.41) is 7.22. The maximum atomic E-state index is 14.1. The van der Waals surface area contributed by atoms with E-state index in [0.29, 0.717) is 5.69 Å². The third-order valence-corrected chi connectivity index (χ3v) is 3.30. The SMILES string of the molecule is CC(Nc1ccc(-n2cncn2)c(F)c1)c1ccccc1. The lowest BCUT2D eigenvalue weighted by Crippen LogP contribution is -2.07. The molecule has 0 aliphatic heterocycles. The molecule has 0 aliphatic rings. The van der Waals surface area contributed by atoms with Crippen LogP contribution in [-0.2, 0) is 0 Å². The van der Waals surface area contributed by atoms with Crippen molar-refractivity contribution in [1.82, 2.24) is 14.8 Å². The summed E-state index contributed by atoms with van der Waals surface area (Å²) in [6, 6.07) is 15.1. The number of hydrogen-bond acceptors (Lipinski definition) is 3. The monoisotopic (exact) mass is 282 g/mol. The van der Waals surface area contributed by atoms with Crippen LogP contribution in [0.4, 0.5) is 10.1 Å². The lowest BCUT2D eigenvalue weighted by atomic mass is 10.1. The van der Waals surface area contributed by atoms with Gasteiger partial charge in [-0.2, -0.15) is 5.10 Å². The van der Waals surface area contributed by atoms with Gasteiger partial charge in [0, 0.05) is 11.7 Å². The fourth-order valence-electron chi connectivity index (χ4n) is 2.19. The van der Waals surface area contributed by atoms with Crippen LogP contribution in [0.1, 0.15) is 18.5 Å². The van der Waals surface area contributed by atoms with Gasteiger partial charge in [0.15, 0.2) is 5.82 Å². The molecule has 21 heavy (non-hydrogen) atoms. The lowest BCUT2D eigenvalue weighted by Gasteiger charge is -2.16. The van der Waals surface area contributed by atoms with Crippen molar-refractivity contribution in [2.45, 2.75) is 13.0 Å². The Balaban J connectivity index is 1.80. The molecule has 0 saturated carbocycles. The second-order valence-corrected chi connectivity index (χ2v) is 4.78. The molecule has 5 heteroatoms. The maximum Gasteiger partial charge on any atom is 0.150 e. The fraction of sp³-hybridized carbons (Fsp3) is 0.125. The Bertz CT molecular complexity index is 710. The van der Waals surface area contributed by atoms with Gasteiger partial charge in [-0.3, -0.25) is 0 Å². The Morgan fingerprint density at radius 3 is 2.62 bits per heavy atom. The van der Waals surface area contributed by atoms with Gasteiger partial charge in [-0.25, -0.2) is 14.1 Å². The van der Waals surface area contributed by atoms with Crippen molar-refractivity contribution >= 4 is 5.69 Å². The van der Waals surface area contributed by atoms with Gasteiger partial charge in [-0.05, 0) is 30.7 Å². The smallest absolute Gasteiger partial charge is 0.150 e. The average Bonchev–Trinajstić information content (AvgIpc) is 3.02. The summed E-state index contributed by atoms with van der Waals surface area (Å²) in [6.45, 7) is 2.04. The molecule has 1 aromatic heterocycles. The van der Waals surface area contributed by atoms with Crippen molar-refractivity contribution in [3.8, 4) is 5.69 Å². The van der Waals surface area contributed by atoms with Gasteiger partial charge < -0.3 is 5.32 Å². The number of aromatic nitrogens is 3. The first-order valence-corrected chi connectivity index (χ1v) is 6.70. The molecule has 1 unspecified atom stereocenters. The van der Waals surface area contributed by atoms with E-state index in [1.807, 2.05) is 43.3 Å². The van der Waals surface area contributed by atoms with Crippen molar-refractivity contribution < 1.29 is 4.39 Å². The summed E-state index contributed by atoms with van der Waals surface area (Å²) in [6.07, 6.45) is 2.85. The topological polar surface area (TPSA) is 42.7 Å². The van der Waals surface area contributed by atoms with E-state index in [4.69, 9.17) is 0 Å². The van der Waals surface area contributed by atoms with Crippen LogP contribution in [0.2, 0.25) is 0 Å². The van der Waals surface area contributed by atoms with Gasteiger partial charge in [-0.1, -0.05) is 30.3 Å². The van der Waals surface area contributed by atoms with E-state index in [0.717, 1.165) is 11.3 Å². The molecule has 106 valence electrons. The third kappa shape index (κ3) is 2.91. The van der Waals surface area contributed by atoms with Gasteiger partial charge in [0.05, 0.1) is 0 Å². The summed E-state index contributed by atoms with van der Waals surface area (Å²) in [5.74, 6) is -0.342. The summed E-state index contributed by atoms with van der Waals surface area (Å²) in [5.41, 5.74) is 2.26. The number of halogens is 1. The second-order valence-electron chi connectivity index (χ2n) is 4.78. The molecule has 0 amide bonds. The molecular formula is C16H15FN4. The first kappa shape index (κ1) is 13.3. The van der Waals surface area contributed by atoms with Crippen molar-refractivity contribution in [1.29, 1.82) is 0 Å². The zero-order chi connectivity index (χ0) is 14.7. The lowest BCUT2D eigenvalue weighted by molar-refractivity contribution is 0.610. The Hall–Kier alpha value is -2.69. The van der Waals surface area contributed by atoms with Gasteiger partial charge >= 0.3 is 0 Å². The zero-order valence-corrected chi connectivity index (χ0v) is 11.6. The van der Waals surface area contributed by atoms with Crippen LogP contribution in [0.3, 0.4) is 0 Å². The van der Waals surface area contributed by atoms with E-state index in [-0.39, 0.29) is 11.9 Å². The molecule has 4 nitrogen and oxygen atoms in total. The molecule has 0 radical (unpaired) electrons. The maximum absolute atomic E-state index is 14.1. The van der Waals surface area contributed by atoms with E-state index in [2.05, 4.69) is 15.4 Å². The first-order chi connectivity index (χ1) is 10.2. The molecule has 1 atom stereocenters. The summed E-state index contributed by atoms with van der Waals surface area (Å²) >= 11 is 0. The molecule has 3 aromatic rings. The summed E-state index contributed by atoms with van der Waals surface area (Å²) in [7, 11) is 0. The summed E-state index contributed by atoms with van der Waals surface area (Å²) in [4.78, 5) is 3.82. The minimum atomic E-state index is -0.342. The predicted octanol–water partition coefficient (Wildman–Crippen LogP) is 3.58. The molecule has 0 bridgehead atoms. The van der Waals surface area contributed by atoms with Crippen LogP contribution in [0.15, 0.2) is 61.2 Å². The highest BCUT2D eigenvalue weighted by molar-refractivity contribution is 5.50. The number of nitrogens with one attached hydrogen (secondary N) is 1. The average molecular weight is 282 g/mol. The normalized spacial score (nSPS) is 12.1. The molecule has 0 aliphatic carbocycles. The zero-order valence-electron chi connectivity index (χ0n) is 11.6. The molecule has 0 saturated heterocycles. The number of hydrogen-bond donors (Lipinski definition) is 1. The Kier molecular flexibility index (Phi) is 3.64. The largest absolute Gasteiger partial charge is 0.378 e. The number of nitrogens with zero attached hydrogens (tertiary/aromatic N) is 3. The van der Waals surface area contributed by atoms with Gasteiger partial charge in [-0.15, -0.1) is 0 Å². The fourth-order valence-corrected chi connectivity index (χ4v) is 2.19. The summed E-state index contributed by atoms with van der Waals surface area (Å²) < 4.78 is 15.5. The third-order valence-electron chi connectivity index (χ3n) is 3.30. The standard InChI is InChI=1S/C16H15FN4/c1-12(13-5-3-2-4-6-13)20-14-7-8-16(15(17)9-14)21-11-18-10-19-21/h2-12,20H,1H3. The Morgan fingerprint density at radius 2 is 1.95 bits per heavy atom. The van der Waals surface area contributed by atoms with E-state index < -0.39 is 0 Å². The highest BCUT2D eigenvalue weighted by Crippen LogP contribution is 2.22. The van der Waals surface area contributed by atoms with Crippen LogP contribution in [0.5, 0.6) is 0 Å². The minimum Gasteiger partial charge on any atom is -0.378 e. The van der Waals surface area contributed by atoms with Crippen LogP contribution in [0.25, 0.3) is 5.69 Å². The van der Waals surface area contributed by atoms with Crippen molar-refractivity contribution in [3.63, 3.8) is 0 Å². The predicted molar refractivity (Wildman–Crippen MR) is 79.8 cm³/mol. The quantitative estimate of drug-likeness (QED) is 0.795. The number of rotatable bonds is 4. The molecule has 1 heterocycles. The van der Waals surface area contributed by atoms with Crippen LogP contribution >= 0.6 is 0 Å². The Morgan fingerprint density at radius 1 is 1.14 bits per heavy atom. The molecule has 0 fully saturated rings.